The van der Waals surface area contributed by atoms with Gasteiger partial charge in [-0.1, -0.05) is 23.2 Å². The van der Waals surface area contributed by atoms with Crippen LogP contribution in [0.1, 0.15) is 6.42 Å². The number of rotatable bonds is 3. The number of amides is 1. The maximum Gasteiger partial charge on any atom is 0.227 e. The van der Waals surface area contributed by atoms with Gasteiger partial charge in [0.2, 0.25) is 15.9 Å². The summed E-state index contributed by atoms with van der Waals surface area (Å²) in [5.41, 5.74) is 6.57. The lowest BCUT2D eigenvalue weighted by molar-refractivity contribution is -0.117. The Kier molecular flexibility index (Phi) is 4.15. The molecule has 1 aliphatic heterocycles. The van der Waals surface area contributed by atoms with E-state index in [9.17, 15) is 13.2 Å². The van der Waals surface area contributed by atoms with Crippen molar-refractivity contribution in [1.82, 2.24) is 0 Å². The van der Waals surface area contributed by atoms with E-state index in [0.29, 0.717) is 16.4 Å². The number of nitrogens with two attached hydrogens (primary N) is 2. The summed E-state index contributed by atoms with van der Waals surface area (Å²) in [4.78, 5) is 13.4. The van der Waals surface area contributed by atoms with Gasteiger partial charge in [-0.3, -0.25) is 4.79 Å². The molecule has 1 saturated heterocycles. The molecule has 1 unspecified atom stereocenters. The monoisotopic (exact) mass is 337 g/mol. The van der Waals surface area contributed by atoms with Crippen molar-refractivity contribution in [3.05, 3.63) is 22.2 Å². The summed E-state index contributed by atoms with van der Waals surface area (Å²) in [5, 5.41) is 5.57. The van der Waals surface area contributed by atoms with E-state index in [2.05, 4.69) is 0 Å². The Hall–Kier alpha value is -1.02. The lowest BCUT2D eigenvalue weighted by Crippen LogP contribution is -2.28. The van der Waals surface area contributed by atoms with Gasteiger partial charge >= 0.3 is 0 Å². The molecule has 1 amide bonds. The average molecular weight is 338 g/mol. The van der Waals surface area contributed by atoms with Gasteiger partial charge in [0.15, 0.2) is 0 Å². The Morgan fingerprint density at radius 2 is 1.90 bits per heavy atom. The van der Waals surface area contributed by atoms with E-state index in [1.807, 2.05) is 0 Å². The van der Waals surface area contributed by atoms with Crippen molar-refractivity contribution in [3.63, 3.8) is 0 Å². The zero-order valence-corrected chi connectivity index (χ0v) is 12.7. The molecule has 1 aliphatic rings. The molecule has 1 aromatic rings. The maximum atomic E-state index is 12.0. The van der Waals surface area contributed by atoms with Crippen molar-refractivity contribution in [2.75, 3.05) is 22.9 Å². The standard InChI is InChI=1S/C11H13Cl2N3O3S/c12-7-2-9(14)10(3-8(7)13)16-4-6(1-11(16)17)5-20(15,18)19/h2-3,6H,1,4-5,14H2,(H2,15,18,19). The number of nitrogens with zero attached hydrogens (tertiary/aromatic N) is 1. The minimum atomic E-state index is -3.62. The molecule has 6 nitrogen and oxygen atoms in total. The van der Waals surface area contributed by atoms with Crippen LogP contribution < -0.4 is 15.8 Å². The number of halogens is 2. The number of benzene rings is 1. The van der Waals surface area contributed by atoms with Gasteiger partial charge in [-0.05, 0) is 12.1 Å². The predicted molar refractivity (Wildman–Crippen MR) is 79.3 cm³/mol. The SMILES string of the molecule is Nc1cc(Cl)c(Cl)cc1N1CC(CS(N)(=O)=O)CC1=O. The van der Waals surface area contributed by atoms with Crippen LogP contribution in [0.15, 0.2) is 12.1 Å². The summed E-state index contributed by atoms with van der Waals surface area (Å²) in [5.74, 6) is -0.814. The second kappa shape index (κ2) is 5.40. The van der Waals surface area contributed by atoms with Crippen molar-refractivity contribution < 1.29 is 13.2 Å². The quantitative estimate of drug-likeness (QED) is 0.808. The second-order valence-electron chi connectivity index (χ2n) is 4.73. The van der Waals surface area contributed by atoms with E-state index in [0.717, 1.165) is 0 Å². The first-order chi connectivity index (χ1) is 9.17. The van der Waals surface area contributed by atoms with Crippen LogP contribution in [0.3, 0.4) is 0 Å². The van der Waals surface area contributed by atoms with Crippen molar-refractivity contribution >= 4 is 50.5 Å². The molecule has 110 valence electrons. The van der Waals surface area contributed by atoms with Crippen LogP contribution in [0.25, 0.3) is 0 Å². The second-order valence-corrected chi connectivity index (χ2v) is 7.20. The molecule has 0 saturated carbocycles. The zero-order valence-electron chi connectivity index (χ0n) is 10.3. The third-order valence-corrected chi connectivity index (χ3v) is 4.69. The molecule has 0 bridgehead atoms. The molecule has 1 fully saturated rings. The molecule has 0 spiro atoms. The van der Waals surface area contributed by atoms with Crippen molar-refractivity contribution in [1.29, 1.82) is 0 Å². The summed E-state index contributed by atoms with van der Waals surface area (Å²) < 4.78 is 22.2. The summed E-state index contributed by atoms with van der Waals surface area (Å²) in [6.07, 6.45) is 0.107. The minimum Gasteiger partial charge on any atom is -0.397 e. The molecule has 20 heavy (non-hydrogen) atoms. The largest absolute Gasteiger partial charge is 0.397 e. The summed E-state index contributed by atoms with van der Waals surface area (Å²) in [7, 11) is -3.62. The van der Waals surface area contributed by atoms with Gasteiger partial charge in [0.1, 0.15) is 0 Å². The fraction of sp³-hybridized carbons (Fsp3) is 0.364. The Morgan fingerprint density at radius 3 is 2.50 bits per heavy atom. The Bertz CT molecular complexity index is 663. The van der Waals surface area contributed by atoms with Crippen molar-refractivity contribution in [3.8, 4) is 0 Å². The number of carbonyl (C=O) groups excluding carboxylic acids is 1. The number of sulfonamides is 1. The fourth-order valence-corrected chi connectivity index (χ4v) is 3.45. The third-order valence-electron chi connectivity index (χ3n) is 3.03. The first-order valence-corrected chi connectivity index (χ1v) is 8.20. The average Bonchev–Trinajstić information content (AvgIpc) is 2.62. The first-order valence-electron chi connectivity index (χ1n) is 5.72. The van der Waals surface area contributed by atoms with Crippen LogP contribution in [0.4, 0.5) is 11.4 Å². The van der Waals surface area contributed by atoms with Gasteiger partial charge in [0, 0.05) is 18.9 Å². The van der Waals surface area contributed by atoms with Gasteiger partial charge in [-0.15, -0.1) is 0 Å². The normalized spacial score (nSPS) is 19.6. The van der Waals surface area contributed by atoms with Gasteiger partial charge in [0.25, 0.3) is 0 Å². The highest BCUT2D eigenvalue weighted by molar-refractivity contribution is 7.89. The maximum absolute atomic E-state index is 12.0. The van der Waals surface area contributed by atoms with Gasteiger partial charge in [0.05, 0.1) is 27.2 Å². The van der Waals surface area contributed by atoms with Crippen LogP contribution in [0, 0.1) is 5.92 Å². The highest BCUT2D eigenvalue weighted by Crippen LogP contribution is 2.36. The topological polar surface area (TPSA) is 106 Å². The van der Waals surface area contributed by atoms with Crippen LogP contribution in [0.2, 0.25) is 10.0 Å². The number of hydrogen-bond donors (Lipinski definition) is 2. The Balaban J connectivity index is 2.26. The van der Waals surface area contributed by atoms with E-state index in [1.54, 1.807) is 0 Å². The molecule has 1 aromatic carbocycles. The molecule has 1 heterocycles. The highest BCUT2D eigenvalue weighted by Gasteiger charge is 2.33. The van der Waals surface area contributed by atoms with Gasteiger partial charge < -0.3 is 10.6 Å². The number of carbonyl (C=O) groups is 1. The highest BCUT2D eigenvalue weighted by atomic mass is 35.5. The molecule has 2 rings (SSSR count). The van der Waals surface area contributed by atoms with Crippen LogP contribution in [0.5, 0.6) is 0 Å². The molecule has 0 aromatic heterocycles. The zero-order chi connectivity index (χ0) is 15.1. The third kappa shape index (κ3) is 3.35. The molecule has 0 radical (unpaired) electrons. The van der Waals surface area contributed by atoms with E-state index >= 15 is 0 Å². The summed E-state index contributed by atoms with van der Waals surface area (Å²) in [6.45, 7) is 0.234. The van der Waals surface area contributed by atoms with E-state index in [4.69, 9.17) is 34.1 Å². The number of nitrogen functional groups attached to an aromatic ring is 1. The van der Waals surface area contributed by atoms with Gasteiger partial charge in [-0.2, -0.15) is 0 Å². The fourth-order valence-electron chi connectivity index (χ4n) is 2.24. The summed E-state index contributed by atoms with van der Waals surface area (Å²) in [6, 6.07) is 2.95. The van der Waals surface area contributed by atoms with Crippen molar-refractivity contribution in [2.24, 2.45) is 11.1 Å². The smallest absolute Gasteiger partial charge is 0.227 e. The predicted octanol–water partition coefficient (Wildman–Crippen LogP) is 1.22. The first kappa shape index (κ1) is 15.4. The number of anilines is 2. The van der Waals surface area contributed by atoms with Crippen LogP contribution in [-0.2, 0) is 14.8 Å². The Morgan fingerprint density at radius 1 is 1.30 bits per heavy atom. The van der Waals surface area contributed by atoms with E-state index < -0.39 is 10.0 Å². The number of primary sulfonamides is 1. The molecular formula is C11H13Cl2N3O3S. The van der Waals surface area contributed by atoms with Crippen LogP contribution >= 0.6 is 23.2 Å². The van der Waals surface area contributed by atoms with Crippen LogP contribution in [-0.4, -0.2) is 26.6 Å². The molecule has 9 heteroatoms. The summed E-state index contributed by atoms with van der Waals surface area (Å²) >= 11 is 11.7. The van der Waals surface area contributed by atoms with Gasteiger partial charge in [-0.25, -0.2) is 13.6 Å². The molecule has 4 N–H and O–H groups in total. The lowest BCUT2D eigenvalue weighted by atomic mass is 10.1. The molecular weight excluding hydrogens is 325 g/mol. The molecule has 1 atom stereocenters. The molecule has 0 aliphatic carbocycles. The number of hydrogen-bond acceptors (Lipinski definition) is 4. The Labute approximate surface area is 126 Å². The van der Waals surface area contributed by atoms with Crippen molar-refractivity contribution in [2.45, 2.75) is 6.42 Å². The lowest BCUT2D eigenvalue weighted by Gasteiger charge is -2.19. The minimum absolute atomic E-state index is 0.107. The van der Waals surface area contributed by atoms with E-state index in [1.165, 1.54) is 17.0 Å². The van der Waals surface area contributed by atoms with E-state index in [-0.39, 0.29) is 35.6 Å².